The van der Waals surface area contributed by atoms with Crippen molar-refractivity contribution in [2.24, 2.45) is 7.05 Å². The molecule has 0 bridgehead atoms. The zero-order valence-electron chi connectivity index (χ0n) is 7.99. The fourth-order valence-electron chi connectivity index (χ4n) is 1.52. The first kappa shape index (κ1) is 10.2. The number of hydrogen-bond donors (Lipinski definition) is 2. The van der Waals surface area contributed by atoms with Gasteiger partial charge in [-0.2, -0.15) is 4.98 Å². The number of H-pyrrole nitrogens is 1. The Morgan fingerprint density at radius 3 is 3.07 bits per heavy atom. The van der Waals surface area contributed by atoms with Gasteiger partial charge in [-0.15, -0.1) is 0 Å². The molecule has 0 atom stereocenters. The van der Waals surface area contributed by atoms with E-state index in [4.69, 9.17) is 5.73 Å². The monoisotopic (exact) mass is 316 g/mol. The van der Waals surface area contributed by atoms with Gasteiger partial charge in [0.2, 0.25) is 5.95 Å². The number of fused-ring (bicyclic) bond motifs is 1. The number of aromatic amines is 1. The third-order valence-electron chi connectivity index (χ3n) is 2.12. The molecule has 2 heterocycles. The van der Waals surface area contributed by atoms with E-state index in [1.54, 1.807) is 4.57 Å². The molecule has 0 aromatic carbocycles. The van der Waals surface area contributed by atoms with Crippen LogP contribution in [0.15, 0.2) is 15.1 Å². The van der Waals surface area contributed by atoms with E-state index in [2.05, 4.69) is 32.6 Å². The highest BCUT2D eigenvalue weighted by atomic mass is 127. The summed E-state index contributed by atoms with van der Waals surface area (Å²) in [5.74, 6) is 0.138. The predicted octanol–water partition coefficient (Wildman–Crippen LogP) is 1.25. The van der Waals surface area contributed by atoms with Gasteiger partial charge in [-0.1, -0.05) is 22.6 Å². The average Bonchev–Trinajstić information content (AvgIpc) is 2.44. The molecule has 0 fully saturated rings. The number of nitrogens with one attached hydrogen (secondary N) is 1. The number of hydrogen-bond acceptors (Lipinski definition) is 3. The third-order valence-corrected chi connectivity index (χ3v) is 2.48. The van der Waals surface area contributed by atoms with Crippen LogP contribution in [0.25, 0.3) is 17.1 Å². The summed E-state index contributed by atoms with van der Waals surface area (Å²) >= 11 is 2.10. The molecule has 0 aliphatic heterocycles. The summed E-state index contributed by atoms with van der Waals surface area (Å²) < 4.78 is 3.63. The number of aromatic nitrogens is 3. The zero-order chi connectivity index (χ0) is 11.0. The summed E-state index contributed by atoms with van der Waals surface area (Å²) in [5, 5.41) is 0.569. The fourth-order valence-corrected chi connectivity index (χ4v) is 1.91. The van der Waals surface area contributed by atoms with Crippen molar-refractivity contribution in [1.82, 2.24) is 14.5 Å². The Labute approximate surface area is 99.1 Å². The highest BCUT2D eigenvalue weighted by molar-refractivity contribution is 14.1. The van der Waals surface area contributed by atoms with Crippen molar-refractivity contribution < 1.29 is 0 Å². The van der Waals surface area contributed by atoms with Crippen LogP contribution in [0.5, 0.6) is 0 Å². The Bertz CT molecular complexity index is 596. The molecule has 78 valence electrons. The molecule has 0 saturated heterocycles. The Morgan fingerprint density at radius 1 is 1.67 bits per heavy atom. The molecule has 0 amide bonds. The lowest BCUT2D eigenvalue weighted by molar-refractivity contribution is 0.943. The molecule has 2 aromatic heterocycles. The maximum atomic E-state index is 11.7. The van der Waals surface area contributed by atoms with E-state index in [1.807, 2.05) is 23.4 Å². The molecule has 0 saturated carbocycles. The summed E-state index contributed by atoms with van der Waals surface area (Å²) in [4.78, 5) is 18.3. The van der Waals surface area contributed by atoms with E-state index >= 15 is 0 Å². The summed E-state index contributed by atoms with van der Waals surface area (Å²) in [6.07, 6.45) is 3.71. The Kier molecular flexibility index (Phi) is 2.51. The van der Waals surface area contributed by atoms with Crippen LogP contribution in [-0.4, -0.2) is 14.5 Å². The van der Waals surface area contributed by atoms with Crippen LogP contribution >= 0.6 is 22.6 Å². The number of anilines is 1. The predicted molar refractivity (Wildman–Crippen MR) is 68.8 cm³/mol. The largest absolute Gasteiger partial charge is 0.369 e. The molecular weight excluding hydrogens is 307 g/mol. The number of nitrogen functional groups attached to an aromatic ring is 1. The quantitative estimate of drug-likeness (QED) is 0.778. The van der Waals surface area contributed by atoms with Gasteiger partial charge in [0.05, 0.1) is 5.39 Å². The van der Waals surface area contributed by atoms with Gasteiger partial charge in [0.25, 0.3) is 5.56 Å². The van der Waals surface area contributed by atoms with Crippen LogP contribution in [0.3, 0.4) is 0 Å². The van der Waals surface area contributed by atoms with Gasteiger partial charge in [-0.05, 0) is 10.2 Å². The highest BCUT2D eigenvalue weighted by Gasteiger charge is 2.10. The molecule has 2 aromatic rings. The van der Waals surface area contributed by atoms with Crippen molar-refractivity contribution in [1.29, 1.82) is 0 Å². The maximum Gasteiger partial charge on any atom is 0.262 e. The van der Waals surface area contributed by atoms with Crippen LogP contribution in [0.4, 0.5) is 5.95 Å². The molecule has 6 heteroatoms. The summed E-state index contributed by atoms with van der Waals surface area (Å²) in [5.41, 5.74) is 6.71. The lowest BCUT2D eigenvalue weighted by Gasteiger charge is -1.95. The van der Waals surface area contributed by atoms with E-state index in [-0.39, 0.29) is 11.5 Å². The van der Waals surface area contributed by atoms with Crippen LogP contribution < -0.4 is 11.3 Å². The van der Waals surface area contributed by atoms with Crippen molar-refractivity contribution in [3.05, 3.63) is 26.2 Å². The van der Waals surface area contributed by atoms with E-state index < -0.39 is 0 Å². The van der Waals surface area contributed by atoms with Gasteiger partial charge in [-0.25, -0.2) is 0 Å². The third kappa shape index (κ3) is 1.65. The maximum absolute atomic E-state index is 11.7. The molecule has 3 N–H and O–H groups in total. The number of aryl methyl sites for hydroxylation is 1. The van der Waals surface area contributed by atoms with E-state index in [0.29, 0.717) is 11.0 Å². The lowest BCUT2D eigenvalue weighted by Crippen LogP contribution is -2.11. The Morgan fingerprint density at radius 2 is 2.40 bits per heavy atom. The Hall–Kier alpha value is -1.31. The number of nitrogens with two attached hydrogens (primary N) is 1. The minimum absolute atomic E-state index is 0.138. The molecule has 0 aliphatic rings. The molecule has 0 aliphatic carbocycles. The van der Waals surface area contributed by atoms with E-state index in [9.17, 15) is 4.79 Å². The van der Waals surface area contributed by atoms with Gasteiger partial charge in [0.1, 0.15) is 5.65 Å². The smallest absolute Gasteiger partial charge is 0.262 e. The summed E-state index contributed by atoms with van der Waals surface area (Å²) in [6, 6.07) is 0. The minimum Gasteiger partial charge on any atom is -0.369 e. The second-order valence-corrected chi connectivity index (χ2v) is 3.86. The van der Waals surface area contributed by atoms with Gasteiger partial charge >= 0.3 is 0 Å². The molecule has 0 spiro atoms. The Balaban J connectivity index is 2.93. The van der Waals surface area contributed by atoms with Crippen molar-refractivity contribution in [3.8, 4) is 0 Å². The normalized spacial score (nSPS) is 11.6. The molecule has 0 unspecified atom stereocenters. The number of nitrogens with zero attached hydrogens (tertiary/aromatic N) is 2. The van der Waals surface area contributed by atoms with E-state index in [0.717, 1.165) is 5.56 Å². The molecule has 5 nitrogen and oxygen atoms in total. The SMILES string of the molecule is Cn1cc(/C=C\I)c2c(=O)[nH]c(N)nc21. The summed E-state index contributed by atoms with van der Waals surface area (Å²) in [6.45, 7) is 0. The van der Waals surface area contributed by atoms with Gasteiger partial charge < -0.3 is 10.3 Å². The first-order chi connectivity index (χ1) is 7.13. The second-order valence-electron chi connectivity index (χ2n) is 3.14. The first-order valence-electron chi connectivity index (χ1n) is 4.25. The zero-order valence-corrected chi connectivity index (χ0v) is 10.1. The van der Waals surface area contributed by atoms with Gasteiger partial charge in [-0.3, -0.25) is 9.78 Å². The van der Waals surface area contributed by atoms with Crippen LogP contribution in [0, 0.1) is 0 Å². The molecular formula is C9H9IN4O. The fraction of sp³-hybridized carbons (Fsp3) is 0.111. The van der Waals surface area contributed by atoms with Crippen molar-refractivity contribution in [3.63, 3.8) is 0 Å². The van der Waals surface area contributed by atoms with E-state index in [1.165, 1.54) is 0 Å². The molecule has 0 radical (unpaired) electrons. The lowest BCUT2D eigenvalue weighted by atomic mass is 10.2. The topological polar surface area (TPSA) is 76.7 Å². The standard InChI is InChI=1S/C9H9IN4O/c1-14-4-5(2-3-10)6-7(14)12-9(11)13-8(6)15/h2-4H,1H3,(H3,11,12,13,15)/b3-2-. The average molecular weight is 316 g/mol. The molecule has 15 heavy (non-hydrogen) atoms. The van der Waals surface area contributed by atoms with Gasteiger partial charge in [0, 0.05) is 18.8 Å². The van der Waals surface area contributed by atoms with Gasteiger partial charge in [0.15, 0.2) is 0 Å². The highest BCUT2D eigenvalue weighted by Crippen LogP contribution is 2.17. The van der Waals surface area contributed by atoms with Crippen molar-refractivity contribution in [2.45, 2.75) is 0 Å². The first-order valence-corrected chi connectivity index (χ1v) is 5.49. The number of rotatable bonds is 1. The summed E-state index contributed by atoms with van der Waals surface area (Å²) in [7, 11) is 1.83. The number of halogens is 1. The van der Waals surface area contributed by atoms with Crippen LogP contribution in [-0.2, 0) is 7.05 Å². The van der Waals surface area contributed by atoms with Crippen molar-refractivity contribution >= 4 is 45.6 Å². The van der Waals surface area contributed by atoms with Crippen LogP contribution in [0.2, 0.25) is 0 Å². The second kappa shape index (κ2) is 3.69. The van der Waals surface area contributed by atoms with Crippen molar-refractivity contribution in [2.75, 3.05) is 5.73 Å². The molecule has 2 rings (SSSR count). The van der Waals surface area contributed by atoms with Crippen LogP contribution in [0.1, 0.15) is 5.56 Å². The minimum atomic E-state index is -0.206.